The Bertz CT molecular complexity index is 494. The Labute approximate surface area is 118 Å². The number of nitro groups is 1. The van der Waals surface area contributed by atoms with Crippen molar-refractivity contribution < 1.29 is 4.92 Å². The van der Waals surface area contributed by atoms with E-state index >= 15 is 0 Å². The second-order valence-electron chi connectivity index (χ2n) is 5.36. The Morgan fingerprint density at radius 2 is 2.20 bits per heavy atom. The van der Waals surface area contributed by atoms with Crippen molar-refractivity contribution in [3.05, 3.63) is 27.9 Å². The van der Waals surface area contributed by atoms with Crippen LogP contribution in [0.5, 0.6) is 0 Å². The summed E-state index contributed by atoms with van der Waals surface area (Å²) in [7, 11) is 4.17. The number of aryl methyl sites for hydroxylation is 1. The van der Waals surface area contributed by atoms with Crippen LogP contribution in [0.15, 0.2) is 12.1 Å². The molecular weight excluding hydrogens is 258 g/mol. The molecule has 1 aliphatic rings. The number of nitrogens with one attached hydrogen (secondary N) is 1. The fraction of sp³-hybridized carbons (Fsp3) is 0.615. The van der Waals surface area contributed by atoms with E-state index in [0.717, 1.165) is 25.3 Å². The minimum atomic E-state index is -0.397. The zero-order valence-electron chi connectivity index (χ0n) is 12.2. The fourth-order valence-corrected chi connectivity index (χ4v) is 2.36. The summed E-state index contributed by atoms with van der Waals surface area (Å²) in [6.45, 7) is 5.48. The third-order valence-corrected chi connectivity index (χ3v) is 3.70. The lowest BCUT2D eigenvalue weighted by molar-refractivity contribution is -0.384. The molecule has 1 aromatic rings. The zero-order valence-corrected chi connectivity index (χ0v) is 12.2. The quantitative estimate of drug-likeness (QED) is 0.653. The van der Waals surface area contributed by atoms with Crippen LogP contribution in [0.1, 0.15) is 5.69 Å². The second-order valence-corrected chi connectivity index (χ2v) is 5.36. The highest BCUT2D eigenvalue weighted by Crippen LogP contribution is 2.22. The molecule has 110 valence electrons. The van der Waals surface area contributed by atoms with Gasteiger partial charge in [-0.15, -0.1) is 0 Å². The summed E-state index contributed by atoms with van der Waals surface area (Å²) in [5.74, 6) is 0.358. The van der Waals surface area contributed by atoms with Gasteiger partial charge in [-0.3, -0.25) is 15.0 Å². The van der Waals surface area contributed by atoms with Crippen LogP contribution in [0, 0.1) is 17.0 Å². The first kappa shape index (κ1) is 14.7. The highest BCUT2D eigenvalue weighted by molar-refractivity contribution is 5.56. The number of rotatable bonds is 4. The molecule has 7 nitrogen and oxygen atoms in total. The number of hydrogen-bond acceptors (Lipinski definition) is 6. The fourth-order valence-electron chi connectivity index (χ4n) is 2.36. The summed E-state index contributed by atoms with van der Waals surface area (Å²) >= 11 is 0. The molecule has 0 radical (unpaired) electrons. The summed E-state index contributed by atoms with van der Waals surface area (Å²) in [5, 5.41) is 14.1. The molecule has 2 heterocycles. The number of pyridine rings is 1. The van der Waals surface area contributed by atoms with E-state index in [-0.39, 0.29) is 5.69 Å². The van der Waals surface area contributed by atoms with E-state index < -0.39 is 4.92 Å². The lowest BCUT2D eigenvalue weighted by Crippen LogP contribution is -2.52. The summed E-state index contributed by atoms with van der Waals surface area (Å²) in [6.07, 6.45) is 0. The molecule has 2 rings (SSSR count). The van der Waals surface area contributed by atoms with Crippen molar-refractivity contribution >= 4 is 11.5 Å². The molecule has 1 saturated heterocycles. The molecule has 7 heteroatoms. The van der Waals surface area contributed by atoms with Crippen LogP contribution in [0.2, 0.25) is 0 Å². The van der Waals surface area contributed by atoms with Crippen molar-refractivity contribution in [3.8, 4) is 0 Å². The zero-order chi connectivity index (χ0) is 14.7. The summed E-state index contributed by atoms with van der Waals surface area (Å²) in [4.78, 5) is 19.4. The number of piperazine rings is 1. The predicted molar refractivity (Wildman–Crippen MR) is 78.0 cm³/mol. The van der Waals surface area contributed by atoms with Crippen molar-refractivity contribution in [2.45, 2.75) is 13.0 Å². The topological polar surface area (TPSA) is 74.5 Å². The van der Waals surface area contributed by atoms with Crippen molar-refractivity contribution in [2.24, 2.45) is 0 Å². The lowest BCUT2D eigenvalue weighted by atomic mass is 10.2. The van der Waals surface area contributed by atoms with Gasteiger partial charge in [0.15, 0.2) is 0 Å². The highest BCUT2D eigenvalue weighted by Gasteiger charge is 2.23. The smallest absolute Gasteiger partial charge is 0.311 e. The molecule has 1 atom stereocenters. The maximum absolute atomic E-state index is 11.0. The molecule has 0 aromatic carbocycles. The van der Waals surface area contributed by atoms with Gasteiger partial charge in [0.25, 0.3) is 0 Å². The minimum Gasteiger partial charge on any atom is -0.363 e. The molecular formula is C13H21N5O2. The van der Waals surface area contributed by atoms with Gasteiger partial charge < -0.3 is 10.2 Å². The number of hydrogen-bond donors (Lipinski definition) is 1. The monoisotopic (exact) mass is 279 g/mol. The summed E-state index contributed by atoms with van der Waals surface area (Å²) in [5.41, 5.74) is 0.801. The maximum atomic E-state index is 11.0. The van der Waals surface area contributed by atoms with E-state index in [4.69, 9.17) is 0 Å². The van der Waals surface area contributed by atoms with Gasteiger partial charge in [-0.1, -0.05) is 0 Å². The van der Waals surface area contributed by atoms with E-state index in [2.05, 4.69) is 34.2 Å². The average Bonchev–Trinajstić information content (AvgIpc) is 2.39. The number of anilines is 1. The van der Waals surface area contributed by atoms with Crippen molar-refractivity contribution in [2.75, 3.05) is 45.6 Å². The van der Waals surface area contributed by atoms with E-state index in [0.29, 0.717) is 18.4 Å². The molecule has 1 aromatic heterocycles. The van der Waals surface area contributed by atoms with E-state index in [1.807, 2.05) is 6.92 Å². The number of likely N-dealkylation sites (N-methyl/N-ethyl adjacent to an activating group) is 2. The maximum Gasteiger partial charge on any atom is 0.311 e. The largest absolute Gasteiger partial charge is 0.363 e. The molecule has 0 spiro atoms. The highest BCUT2D eigenvalue weighted by atomic mass is 16.6. The second kappa shape index (κ2) is 6.15. The molecule has 0 amide bonds. The van der Waals surface area contributed by atoms with Crippen LogP contribution in [-0.4, -0.2) is 66.0 Å². The first-order valence-electron chi connectivity index (χ1n) is 6.72. The number of aromatic nitrogens is 1. The van der Waals surface area contributed by atoms with Gasteiger partial charge >= 0.3 is 5.69 Å². The van der Waals surface area contributed by atoms with Crippen LogP contribution >= 0.6 is 0 Å². The molecule has 20 heavy (non-hydrogen) atoms. The van der Waals surface area contributed by atoms with Crippen LogP contribution in [0.25, 0.3) is 0 Å². The molecule has 1 unspecified atom stereocenters. The minimum absolute atomic E-state index is 0.0300. The number of nitrogens with zero attached hydrogens (tertiary/aromatic N) is 4. The van der Waals surface area contributed by atoms with Gasteiger partial charge in [-0.05, 0) is 27.1 Å². The molecule has 1 fully saturated rings. The van der Waals surface area contributed by atoms with Crippen molar-refractivity contribution in [1.29, 1.82) is 0 Å². The van der Waals surface area contributed by atoms with Crippen molar-refractivity contribution in [3.63, 3.8) is 0 Å². The van der Waals surface area contributed by atoms with E-state index in [1.54, 1.807) is 6.07 Å². The van der Waals surface area contributed by atoms with Gasteiger partial charge in [0.2, 0.25) is 5.82 Å². The average molecular weight is 279 g/mol. The molecule has 0 aliphatic carbocycles. The third-order valence-electron chi connectivity index (χ3n) is 3.70. The molecule has 1 N–H and O–H groups in total. The molecule has 0 bridgehead atoms. The van der Waals surface area contributed by atoms with Gasteiger partial charge in [0.1, 0.15) is 0 Å². The Hall–Kier alpha value is -1.73. The van der Waals surface area contributed by atoms with Gasteiger partial charge in [-0.2, -0.15) is 0 Å². The molecule has 1 aliphatic heterocycles. The standard InChI is InChI=1S/C13H21N5O2/c1-10-4-5-12(18(19)20)13(15-10)14-8-11-9-16(2)6-7-17(11)3/h4-5,11H,6-9H2,1-3H3,(H,14,15). The normalized spacial score (nSPS) is 20.9. The molecule has 0 saturated carbocycles. The summed E-state index contributed by atoms with van der Waals surface area (Å²) < 4.78 is 0. The predicted octanol–water partition coefficient (Wildman–Crippen LogP) is 0.956. The third kappa shape index (κ3) is 3.43. The van der Waals surface area contributed by atoms with Crippen LogP contribution < -0.4 is 5.32 Å². The van der Waals surface area contributed by atoms with Gasteiger partial charge in [0.05, 0.1) is 4.92 Å². The summed E-state index contributed by atoms with van der Waals surface area (Å²) in [6, 6.07) is 3.49. The lowest BCUT2D eigenvalue weighted by Gasteiger charge is -2.37. The Morgan fingerprint density at radius 1 is 1.45 bits per heavy atom. The van der Waals surface area contributed by atoms with Crippen molar-refractivity contribution in [1.82, 2.24) is 14.8 Å². The van der Waals surface area contributed by atoms with Crippen LogP contribution in [0.4, 0.5) is 11.5 Å². The van der Waals surface area contributed by atoms with Gasteiger partial charge in [0, 0.05) is 44.0 Å². The first-order valence-corrected chi connectivity index (χ1v) is 6.72. The Kier molecular flexibility index (Phi) is 4.51. The van der Waals surface area contributed by atoms with Crippen LogP contribution in [-0.2, 0) is 0 Å². The van der Waals surface area contributed by atoms with Crippen LogP contribution in [0.3, 0.4) is 0 Å². The van der Waals surface area contributed by atoms with E-state index in [1.165, 1.54) is 6.07 Å². The first-order chi connectivity index (χ1) is 9.47. The SMILES string of the molecule is Cc1ccc([N+](=O)[O-])c(NCC2CN(C)CCN2C)n1. The van der Waals surface area contributed by atoms with E-state index in [9.17, 15) is 10.1 Å². The Balaban J connectivity index is 2.06. The Morgan fingerprint density at radius 3 is 2.90 bits per heavy atom. The van der Waals surface area contributed by atoms with Gasteiger partial charge in [-0.25, -0.2) is 4.98 Å².